The lowest BCUT2D eigenvalue weighted by Gasteiger charge is -2.24. The van der Waals surface area contributed by atoms with Crippen molar-refractivity contribution in [3.8, 4) is 0 Å². The van der Waals surface area contributed by atoms with E-state index in [4.69, 9.17) is 20.8 Å². The highest BCUT2D eigenvalue weighted by molar-refractivity contribution is 7.89. The highest BCUT2D eigenvalue weighted by Gasteiger charge is 2.31. The van der Waals surface area contributed by atoms with Crippen LogP contribution in [-0.2, 0) is 21.3 Å². The predicted octanol–water partition coefficient (Wildman–Crippen LogP) is 3.21. The summed E-state index contributed by atoms with van der Waals surface area (Å²) in [6.07, 6.45) is 2.86. The van der Waals surface area contributed by atoms with Crippen molar-refractivity contribution in [1.29, 1.82) is 0 Å². The van der Waals surface area contributed by atoms with Crippen LogP contribution in [0, 0.1) is 10.1 Å². The zero-order valence-corrected chi connectivity index (χ0v) is 15.3. The Bertz CT molecular complexity index is 878. The van der Waals surface area contributed by atoms with Gasteiger partial charge >= 0.3 is 0 Å². The minimum absolute atomic E-state index is 0.00557. The maximum Gasteiger partial charge on any atom is 0.289 e. The number of ether oxygens (including phenoxy) is 1. The lowest BCUT2D eigenvalue weighted by molar-refractivity contribution is -0.384. The third-order valence-corrected chi connectivity index (χ3v) is 6.22. The van der Waals surface area contributed by atoms with Gasteiger partial charge in [-0.1, -0.05) is 11.6 Å². The van der Waals surface area contributed by atoms with E-state index in [0.29, 0.717) is 12.4 Å². The van der Waals surface area contributed by atoms with Gasteiger partial charge in [-0.3, -0.25) is 10.1 Å². The summed E-state index contributed by atoms with van der Waals surface area (Å²) < 4.78 is 38.2. The molecule has 0 bridgehead atoms. The molecule has 1 aliphatic rings. The van der Waals surface area contributed by atoms with Gasteiger partial charge in [-0.15, -0.1) is 0 Å². The van der Waals surface area contributed by atoms with Gasteiger partial charge in [-0.25, -0.2) is 8.42 Å². The Labute approximate surface area is 155 Å². The van der Waals surface area contributed by atoms with Crippen LogP contribution >= 0.6 is 11.6 Å². The second kappa shape index (κ2) is 7.75. The van der Waals surface area contributed by atoms with Gasteiger partial charge in [0.1, 0.15) is 10.8 Å². The summed E-state index contributed by atoms with van der Waals surface area (Å²) in [7, 11) is -4.01. The molecule has 3 rings (SSSR count). The molecule has 0 N–H and O–H groups in total. The molecule has 0 spiro atoms. The van der Waals surface area contributed by atoms with Crippen LogP contribution < -0.4 is 0 Å². The van der Waals surface area contributed by atoms with Gasteiger partial charge in [-0.05, 0) is 37.1 Å². The van der Waals surface area contributed by atoms with E-state index in [1.54, 1.807) is 12.1 Å². The maximum absolute atomic E-state index is 13.1. The van der Waals surface area contributed by atoms with Gasteiger partial charge in [-0.2, -0.15) is 4.31 Å². The maximum atomic E-state index is 13.1. The average molecular weight is 401 g/mol. The standard InChI is InChI=1S/C16H17ClN2O6S/c17-15-6-5-14(9-16(15)19(20)21)26(22,23)18(10-12-3-1-7-24-12)11-13-4-2-8-25-13/h1,3,5-7,9,13H,2,4,8,10-11H2. The lowest BCUT2D eigenvalue weighted by atomic mass is 10.2. The van der Waals surface area contributed by atoms with E-state index in [-0.39, 0.29) is 29.1 Å². The minimum atomic E-state index is -4.01. The van der Waals surface area contributed by atoms with Crippen molar-refractivity contribution >= 4 is 27.3 Å². The first-order valence-electron chi connectivity index (χ1n) is 7.96. The number of nitro benzene ring substituents is 1. The van der Waals surface area contributed by atoms with Crippen LogP contribution in [0.25, 0.3) is 0 Å². The highest BCUT2D eigenvalue weighted by atomic mass is 35.5. The SMILES string of the molecule is O=[N+]([O-])c1cc(S(=O)(=O)N(Cc2ccco2)CC2CCCO2)ccc1Cl. The van der Waals surface area contributed by atoms with Crippen molar-refractivity contribution in [2.75, 3.05) is 13.2 Å². The Kier molecular flexibility index (Phi) is 5.61. The molecule has 0 amide bonds. The van der Waals surface area contributed by atoms with E-state index in [1.165, 1.54) is 22.7 Å². The molecular weight excluding hydrogens is 384 g/mol. The van der Waals surface area contributed by atoms with Crippen molar-refractivity contribution in [3.63, 3.8) is 0 Å². The normalized spacial score (nSPS) is 17.7. The Morgan fingerprint density at radius 2 is 2.15 bits per heavy atom. The molecule has 1 aromatic heterocycles. The Morgan fingerprint density at radius 3 is 2.77 bits per heavy atom. The van der Waals surface area contributed by atoms with Crippen molar-refractivity contribution in [2.24, 2.45) is 0 Å². The summed E-state index contributed by atoms with van der Waals surface area (Å²) in [5.74, 6) is 0.468. The Morgan fingerprint density at radius 1 is 1.35 bits per heavy atom. The number of hydrogen-bond acceptors (Lipinski definition) is 6. The molecule has 1 aliphatic heterocycles. The monoisotopic (exact) mass is 400 g/mol. The first-order valence-corrected chi connectivity index (χ1v) is 9.78. The van der Waals surface area contributed by atoms with Crippen molar-refractivity contribution in [2.45, 2.75) is 30.4 Å². The summed E-state index contributed by atoms with van der Waals surface area (Å²) in [6.45, 7) is 0.733. The Hall–Kier alpha value is -1.94. The first-order chi connectivity index (χ1) is 12.4. The molecule has 2 heterocycles. The number of hydrogen-bond donors (Lipinski definition) is 0. The molecule has 0 radical (unpaired) electrons. The quantitative estimate of drug-likeness (QED) is 0.522. The fourth-order valence-corrected chi connectivity index (χ4v) is 4.43. The summed E-state index contributed by atoms with van der Waals surface area (Å²) in [4.78, 5) is 10.2. The molecule has 1 atom stereocenters. The summed E-state index contributed by atoms with van der Waals surface area (Å²) in [5.41, 5.74) is -0.456. The molecule has 1 saturated heterocycles. The van der Waals surface area contributed by atoms with Gasteiger partial charge < -0.3 is 9.15 Å². The van der Waals surface area contributed by atoms with E-state index in [0.717, 1.165) is 18.9 Å². The van der Waals surface area contributed by atoms with Gasteiger partial charge in [0.2, 0.25) is 10.0 Å². The number of benzene rings is 1. The molecule has 0 aliphatic carbocycles. The van der Waals surface area contributed by atoms with Crippen molar-refractivity contribution in [3.05, 3.63) is 57.5 Å². The van der Waals surface area contributed by atoms with Gasteiger partial charge in [0.25, 0.3) is 5.69 Å². The van der Waals surface area contributed by atoms with Crippen LogP contribution in [-0.4, -0.2) is 36.9 Å². The molecule has 140 valence electrons. The molecule has 1 unspecified atom stereocenters. The number of halogens is 1. The third kappa shape index (κ3) is 4.07. The molecule has 0 saturated carbocycles. The fraction of sp³-hybridized carbons (Fsp3) is 0.375. The van der Waals surface area contributed by atoms with Gasteiger partial charge in [0.15, 0.2) is 0 Å². The number of sulfonamides is 1. The second-order valence-corrected chi connectivity index (χ2v) is 8.23. The van der Waals surface area contributed by atoms with Gasteiger partial charge in [0.05, 0.1) is 28.7 Å². The van der Waals surface area contributed by atoms with Crippen LogP contribution in [0.5, 0.6) is 0 Å². The van der Waals surface area contributed by atoms with Crippen LogP contribution in [0.1, 0.15) is 18.6 Å². The average Bonchev–Trinajstić information content (AvgIpc) is 3.28. The molecule has 1 aromatic carbocycles. The fourth-order valence-electron chi connectivity index (χ4n) is 2.78. The summed E-state index contributed by atoms with van der Waals surface area (Å²) >= 11 is 5.79. The molecule has 8 nitrogen and oxygen atoms in total. The van der Waals surface area contributed by atoms with Crippen molar-refractivity contribution < 1.29 is 22.5 Å². The summed E-state index contributed by atoms with van der Waals surface area (Å²) in [6, 6.07) is 6.78. The number of rotatable bonds is 7. The zero-order chi connectivity index (χ0) is 18.7. The van der Waals surface area contributed by atoms with E-state index >= 15 is 0 Å². The number of furan rings is 1. The van der Waals surface area contributed by atoms with Crippen LogP contribution in [0.3, 0.4) is 0 Å². The van der Waals surface area contributed by atoms with E-state index in [1.807, 2.05) is 0 Å². The minimum Gasteiger partial charge on any atom is -0.468 e. The van der Waals surface area contributed by atoms with E-state index < -0.39 is 20.6 Å². The van der Waals surface area contributed by atoms with Crippen LogP contribution in [0.4, 0.5) is 5.69 Å². The third-order valence-electron chi connectivity index (χ3n) is 4.10. The molecule has 2 aromatic rings. The van der Waals surface area contributed by atoms with E-state index in [9.17, 15) is 18.5 Å². The van der Waals surface area contributed by atoms with Crippen LogP contribution in [0.15, 0.2) is 45.9 Å². The van der Waals surface area contributed by atoms with Crippen molar-refractivity contribution in [1.82, 2.24) is 4.31 Å². The smallest absolute Gasteiger partial charge is 0.289 e. The molecule has 26 heavy (non-hydrogen) atoms. The summed E-state index contributed by atoms with van der Waals surface area (Å²) in [5, 5.41) is 11.0. The molecular formula is C16H17ClN2O6S. The molecule has 10 heteroatoms. The highest BCUT2D eigenvalue weighted by Crippen LogP contribution is 2.29. The topological polar surface area (TPSA) is 103 Å². The zero-order valence-electron chi connectivity index (χ0n) is 13.7. The van der Waals surface area contributed by atoms with Crippen LogP contribution in [0.2, 0.25) is 5.02 Å². The molecule has 1 fully saturated rings. The number of nitro groups is 1. The first kappa shape index (κ1) is 18.8. The second-order valence-electron chi connectivity index (χ2n) is 5.88. The predicted molar refractivity (Wildman–Crippen MR) is 93.4 cm³/mol. The van der Waals surface area contributed by atoms with E-state index in [2.05, 4.69) is 0 Å². The lowest BCUT2D eigenvalue weighted by Crippen LogP contribution is -2.36. The van der Waals surface area contributed by atoms with Gasteiger partial charge in [0, 0.05) is 19.2 Å². The number of nitrogens with zero attached hydrogens (tertiary/aromatic N) is 2. The Balaban J connectivity index is 1.94. The largest absolute Gasteiger partial charge is 0.468 e.